The van der Waals surface area contributed by atoms with E-state index in [0.29, 0.717) is 10.6 Å². The minimum Gasteiger partial charge on any atom is -0.370 e. The smallest absolute Gasteiger partial charge is 0.261 e. The molecule has 1 heterocycles. The fourth-order valence-corrected chi connectivity index (χ4v) is 4.21. The predicted octanol–water partition coefficient (Wildman–Crippen LogP) is 4.09. The second kappa shape index (κ2) is 6.85. The molecule has 128 valence electrons. The van der Waals surface area contributed by atoms with Crippen molar-refractivity contribution in [2.75, 3.05) is 22.7 Å². The lowest BCUT2D eigenvalue weighted by molar-refractivity contribution is 0.578. The lowest BCUT2D eigenvalue weighted by atomic mass is 10.1. The molecule has 0 radical (unpaired) electrons. The van der Waals surface area contributed by atoms with Crippen LogP contribution in [0.2, 0.25) is 0 Å². The summed E-state index contributed by atoms with van der Waals surface area (Å²) in [6.07, 6.45) is 3.55. The van der Waals surface area contributed by atoms with Crippen LogP contribution in [0.25, 0.3) is 0 Å². The first-order valence-electron chi connectivity index (χ1n) is 8.41. The number of nitrogens with one attached hydrogen (secondary N) is 1. The normalized spacial score (nSPS) is 15.3. The molecule has 24 heavy (non-hydrogen) atoms. The van der Waals surface area contributed by atoms with Crippen LogP contribution in [0.1, 0.15) is 30.4 Å². The minimum absolute atomic E-state index is 0.305. The van der Waals surface area contributed by atoms with E-state index in [1.807, 2.05) is 44.2 Å². The molecule has 0 saturated carbocycles. The molecule has 0 bridgehead atoms. The van der Waals surface area contributed by atoms with Gasteiger partial charge in [-0.05, 0) is 68.5 Å². The van der Waals surface area contributed by atoms with Gasteiger partial charge in [0.25, 0.3) is 10.0 Å². The van der Waals surface area contributed by atoms with E-state index < -0.39 is 10.0 Å². The maximum atomic E-state index is 12.8. The zero-order valence-electron chi connectivity index (χ0n) is 14.2. The maximum Gasteiger partial charge on any atom is 0.261 e. The van der Waals surface area contributed by atoms with Crippen molar-refractivity contribution in [3.05, 3.63) is 53.6 Å². The Morgan fingerprint density at radius 1 is 0.917 bits per heavy atom. The topological polar surface area (TPSA) is 49.4 Å². The third kappa shape index (κ3) is 3.56. The SMILES string of the molecule is Cc1ccc(S(=O)(=O)Nc2ccccc2N2CCCCC2)cc1C. The van der Waals surface area contributed by atoms with Gasteiger partial charge in [-0.1, -0.05) is 18.2 Å². The van der Waals surface area contributed by atoms with Crippen LogP contribution < -0.4 is 9.62 Å². The molecule has 0 unspecified atom stereocenters. The van der Waals surface area contributed by atoms with Crippen molar-refractivity contribution >= 4 is 21.4 Å². The average Bonchev–Trinajstić information content (AvgIpc) is 2.58. The lowest BCUT2D eigenvalue weighted by Gasteiger charge is -2.30. The average molecular weight is 344 g/mol. The largest absolute Gasteiger partial charge is 0.370 e. The number of nitrogens with zero attached hydrogens (tertiary/aromatic N) is 1. The van der Waals surface area contributed by atoms with Gasteiger partial charge >= 0.3 is 0 Å². The number of benzene rings is 2. The monoisotopic (exact) mass is 344 g/mol. The molecule has 3 rings (SSSR count). The first-order chi connectivity index (χ1) is 11.5. The summed E-state index contributed by atoms with van der Waals surface area (Å²) in [5.41, 5.74) is 3.67. The summed E-state index contributed by atoms with van der Waals surface area (Å²) in [6, 6.07) is 12.9. The van der Waals surface area contributed by atoms with Crippen molar-refractivity contribution in [2.45, 2.75) is 38.0 Å². The van der Waals surface area contributed by atoms with Gasteiger partial charge in [-0.25, -0.2) is 8.42 Å². The molecule has 0 amide bonds. The molecule has 1 aliphatic heterocycles. The van der Waals surface area contributed by atoms with Gasteiger partial charge in [-0.3, -0.25) is 4.72 Å². The molecule has 1 saturated heterocycles. The van der Waals surface area contributed by atoms with E-state index in [9.17, 15) is 8.42 Å². The molecule has 0 aliphatic carbocycles. The van der Waals surface area contributed by atoms with Crippen LogP contribution in [-0.4, -0.2) is 21.5 Å². The number of sulfonamides is 1. The van der Waals surface area contributed by atoms with E-state index in [1.165, 1.54) is 6.42 Å². The van der Waals surface area contributed by atoms with Crippen molar-refractivity contribution in [3.63, 3.8) is 0 Å². The number of anilines is 2. The van der Waals surface area contributed by atoms with Crippen LogP contribution in [0, 0.1) is 13.8 Å². The fraction of sp³-hybridized carbons (Fsp3) is 0.368. The summed E-state index contributed by atoms with van der Waals surface area (Å²) in [6.45, 7) is 5.85. The van der Waals surface area contributed by atoms with Crippen molar-refractivity contribution in [1.82, 2.24) is 0 Å². The first-order valence-corrected chi connectivity index (χ1v) is 9.90. The Morgan fingerprint density at radius 2 is 1.62 bits per heavy atom. The number of piperidine rings is 1. The molecule has 2 aromatic rings. The van der Waals surface area contributed by atoms with Crippen molar-refractivity contribution < 1.29 is 8.42 Å². The van der Waals surface area contributed by atoms with Crippen LogP contribution in [0.15, 0.2) is 47.4 Å². The molecular weight excluding hydrogens is 320 g/mol. The van der Waals surface area contributed by atoms with Crippen LogP contribution in [0.5, 0.6) is 0 Å². The number of para-hydroxylation sites is 2. The Morgan fingerprint density at radius 3 is 2.33 bits per heavy atom. The molecular formula is C19H24N2O2S. The zero-order valence-corrected chi connectivity index (χ0v) is 15.1. The molecule has 1 fully saturated rings. The van der Waals surface area contributed by atoms with Gasteiger partial charge in [0.1, 0.15) is 0 Å². The molecule has 4 nitrogen and oxygen atoms in total. The highest BCUT2D eigenvalue weighted by atomic mass is 32.2. The summed E-state index contributed by atoms with van der Waals surface area (Å²) < 4.78 is 28.3. The number of hydrogen-bond donors (Lipinski definition) is 1. The summed E-state index contributed by atoms with van der Waals surface area (Å²) in [5.74, 6) is 0. The predicted molar refractivity (Wildman–Crippen MR) is 99.2 cm³/mol. The molecule has 1 aliphatic rings. The maximum absolute atomic E-state index is 12.8. The highest BCUT2D eigenvalue weighted by molar-refractivity contribution is 7.92. The summed E-state index contributed by atoms with van der Waals surface area (Å²) in [5, 5.41) is 0. The van der Waals surface area contributed by atoms with Gasteiger partial charge in [0.05, 0.1) is 16.3 Å². The Kier molecular flexibility index (Phi) is 4.81. The standard InChI is InChI=1S/C19H24N2O2S/c1-15-10-11-17(14-16(15)2)24(22,23)20-18-8-4-5-9-19(18)21-12-6-3-7-13-21/h4-5,8-11,14,20H,3,6-7,12-13H2,1-2H3. The van der Waals surface area contributed by atoms with Crippen LogP contribution in [0.3, 0.4) is 0 Å². The fourth-order valence-electron chi connectivity index (χ4n) is 3.06. The molecule has 0 atom stereocenters. The Labute approximate surface area is 144 Å². The van der Waals surface area contributed by atoms with Gasteiger partial charge in [0.2, 0.25) is 0 Å². The van der Waals surface area contributed by atoms with Crippen molar-refractivity contribution in [2.24, 2.45) is 0 Å². The number of rotatable bonds is 4. The Bertz CT molecular complexity index is 825. The van der Waals surface area contributed by atoms with E-state index in [2.05, 4.69) is 9.62 Å². The summed E-state index contributed by atoms with van der Waals surface area (Å²) in [7, 11) is -3.59. The molecule has 1 N–H and O–H groups in total. The highest BCUT2D eigenvalue weighted by Crippen LogP contribution is 2.30. The van der Waals surface area contributed by atoms with Gasteiger partial charge < -0.3 is 4.90 Å². The number of aryl methyl sites for hydroxylation is 2. The third-order valence-electron chi connectivity index (χ3n) is 4.63. The minimum atomic E-state index is -3.59. The van der Waals surface area contributed by atoms with Gasteiger partial charge in [-0.2, -0.15) is 0 Å². The van der Waals surface area contributed by atoms with Gasteiger partial charge in [0.15, 0.2) is 0 Å². The van der Waals surface area contributed by atoms with E-state index in [0.717, 1.165) is 42.7 Å². The van der Waals surface area contributed by atoms with Gasteiger partial charge in [0, 0.05) is 13.1 Å². The molecule has 0 aromatic heterocycles. The summed E-state index contributed by atoms with van der Waals surface area (Å²) in [4.78, 5) is 2.57. The highest BCUT2D eigenvalue weighted by Gasteiger charge is 2.19. The quantitative estimate of drug-likeness (QED) is 0.908. The third-order valence-corrected chi connectivity index (χ3v) is 6.00. The molecule has 2 aromatic carbocycles. The van der Waals surface area contributed by atoms with E-state index in [1.54, 1.807) is 12.1 Å². The summed E-state index contributed by atoms with van der Waals surface area (Å²) >= 11 is 0. The van der Waals surface area contributed by atoms with Crippen molar-refractivity contribution in [3.8, 4) is 0 Å². The molecule has 0 spiro atoms. The Hall–Kier alpha value is -2.01. The lowest BCUT2D eigenvalue weighted by Crippen LogP contribution is -2.30. The van der Waals surface area contributed by atoms with E-state index in [4.69, 9.17) is 0 Å². The number of hydrogen-bond acceptors (Lipinski definition) is 3. The van der Waals surface area contributed by atoms with Crippen LogP contribution in [-0.2, 0) is 10.0 Å². The Balaban J connectivity index is 1.91. The van der Waals surface area contributed by atoms with Crippen LogP contribution in [0.4, 0.5) is 11.4 Å². The second-order valence-corrected chi connectivity index (χ2v) is 8.10. The van der Waals surface area contributed by atoms with Gasteiger partial charge in [-0.15, -0.1) is 0 Å². The second-order valence-electron chi connectivity index (χ2n) is 6.42. The van der Waals surface area contributed by atoms with E-state index in [-0.39, 0.29) is 0 Å². The van der Waals surface area contributed by atoms with E-state index >= 15 is 0 Å². The van der Waals surface area contributed by atoms with Crippen molar-refractivity contribution in [1.29, 1.82) is 0 Å². The first kappa shape index (κ1) is 16.8. The molecule has 5 heteroatoms. The zero-order chi connectivity index (χ0) is 17.2. The van der Waals surface area contributed by atoms with Crippen LogP contribution >= 0.6 is 0 Å².